The number of quaternary nitrogens is 1. The summed E-state index contributed by atoms with van der Waals surface area (Å²) in [6.07, 6.45) is 0.753. The fraction of sp³-hybridized carbons (Fsp3) is 0.500. The number of hydrogen-bond donors (Lipinski definition) is 3. The van der Waals surface area contributed by atoms with Crippen LogP contribution in [0, 0.1) is 0 Å². The van der Waals surface area contributed by atoms with Gasteiger partial charge >= 0.3 is 0 Å². The number of benzene rings is 1. The van der Waals surface area contributed by atoms with E-state index in [4.69, 9.17) is 4.74 Å². The normalized spacial score (nSPS) is 11.5. The van der Waals surface area contributed by atoms with E-state index in [1.54, 1.807) is 0 Å². The third-order valence-electron chi connectivity index (χ3n) is 2.94. The Hall–Kier alpha value is -1.64. The molecular weight excluding hydrogens is 306 g/mol. The zero-order valence-electron chi connectivity index (χ0n) is 13.4. The van der Waals surface area contributed by atoms with Crippen LogP contribution in [0.4, 0.5) is 5.69 Å². The predicted octanol–water partition coefficient (Wildman–Crippen LogP) is -0.533. The predicted molar refractivity (Wildman–Crippen MR) is 84.8 cm³/mol. The van der Waals surface area contributed by atoms with Crippen LogP contribution < -0.4 is 19.7 Å². The molecule has 1 rings (SSSR count). The maximum absolute atomic E-state index is 12.2. The molecule has 0 heterocycles. The molecule has 22 heavy (non-hydrogen) atoms. The first-order valence-corrected chi connectivity index (χ1v) is 8.49. The van der Waals surface area contributed by atoms with E-state index < -0.39 is 10.0 Å². The molecule has 7 nitrogen and oxygen atoms in total. The lowest BCUT2D eigenvalue weighted by Gasteiger charge is -2.12. The molecule has 0 aliphatic carbocycles. The molecule has 0 bridgehead atoms. The number of amides is 1. The van der Waals surface area contributed by atoms with Crippen molar-refractivity contribution in [1.29, 1.82) is 0 Å². The van der Waals surface area contributed by atoms with E-state index in [1.807, 2.05) is 14.1 Å². The van der Waals surface area contributed by atoms with Crippen LogP contribution in [0.1, 0.15) is 13.3 Å². The van der Waals surface area contributed by atoms with Gasteiger partial charge in [-0.2, -0.15) is 0 Å². The fourth-order valence-corrected chi connectivity index (χ4v) is 2.95. The summed E-state index contributed by atoms with van der Waals surface area (Å²) in [6.45, 7) is 2.63. The van der Waals surface area contributed by atoms with Crippen LogP contribution in [-0.2, 0) is 14.8 Å². The number of nitrogens with one attached hydrogen (secondary N) is 3. The summed E-state index contributed by atoms with van der Waals surface area (Å²) in [5, 5.41) is 2.59. The second-order valence-electron chi connectivity index (χ2n) is 5.25. The number of anilines is 1. The molecule has 3 N–H and O–H groups in total. The molecule has 1 amide bonds. The van der Waals surface area contributed by atoms with Crippen molar-refractivity contribution in [3.63, 3.8) is 0 Å². The molecule has 0 saturated carbocycles. The van der Waals surface area contributed by atoms with Gasteiger partial charge in [0.1, 0.15) is 5.75 Å². The Balaban J connectivity index is 2.84. The van der Waals surface area contributed by atoms with Crippen molar-refractivity contribution in [3.05, 3.63) is 18.2 Å². The third-order valence-corrected chi connectivity index (χ3v) is 4.40. The smallest absolute Gasteiger partial charge is 0.240 e. The van der Waals surface area contributed by atoms with E-state index in [0.717, 1.165) is 13.0 Å². The molecule has 0 spiro atoms. The van der Waals surface area contributed by atoms with Gasteiger partial charge < -0.3 is 15.0 Å². The van der Waals surface area contributed by atoms with Gasteiger partial charge in [0.15, 0.2) is 0 Å². The van der Waals surface area contributed by atoms with Crippen LogP contribution >= 0.6 is 0 Å². The van der Waals surface area contributed by atoms with Gasteiger partial charge in [0.25, 0.3) is 0 Å². The molecule has 1 aromatic carbocycles. The van der Waals surface area contributed by atoms with Crippen molar-refractivity contribution in [2.75, 3.05) is 39.6 Å². The van der Waals surface area contributed by atoms with Gasteiger partial charge in [-0.3, -0.25) is 4.79 Å². The first kappa shape index (κ1) is 18.4. The van der Waals surface area contributed by atoms with E-state index >= 15 is 0 Å². The minimum Gasteiger partial charge on any atom is -0.495 e. The van der Waals surface area contributed by atoms with Crippen molar-refractivity contribution in [2.45, 2.75) is 18.2 Å². The number of hydrogen-bond acceptors (Lipinski definition) is 4. The second-order valence-corrected chi connectivity index (χ2v) is 7.02. The van der Waals surface area contributed by atoms with Crippen LogP contribution in [0.15, 0.2) is 23.1 Å². The van der Waals surface area contributed by atoms with Crippen LogP contribution in [-0.4, -0.2) is 48.6 Å². The van der Waals surface area contributed by atoms with E-state index in [1.165, 1.54) is 37.1 Å². The summed E-state index contributed by atoms with van der Waals surface area (Å²) >= 11 is 0. The highest BCUT2D eigenvalue weighted by atomic mass is 32.2. The number of ether oxygens (including phenoxy) is 1. The molecule has 0 unspecified atom stereocenters. The van der Waals surface area contributed by atoms with Gasteiger partial charge in [-0.15, -0.1) is 0 Å². The molecule has 0 fully saturated rings. The summed E-state index contributed by atoms with van der Waals surface area (Å²) in [6, 6.07) is 4.34. The van der Waals surface area contributed by atoms with Crippen molar-refractivity contribution in [2.24, 2.45) is 0 Å². The average Bonchev–Trinajstić information content (AvgIpc) is 2.43. The van der Waals surface area contributed by atoms with Gasteiger partial charge in [0, 0.05) is 26.0 Å². The maximum Gasteiger partial charge on any atom is 0.240 e. The third kappa shape index (κ3) is 5.63. The summed E-state index contributed by atoms with van der Waals surface area (Å²) < 4.78 is 32.1. The van der Waals surface area contributed by atoms with Gasteiger partial charge in [-0.25, -0.2) is 13.1 Å². The largest absolute Gasteiger partial charge is 0.495 e. The standard InChI is InChI=1S/C14H23N3O4S/c1-11(18)16-13-7-6-12(10-14(13)21-4)22(19,20)15-8-5-9-17(2)3/h6-7,10,15H,5,8-9H2,1-4H3,(H,16,18)/p+1. The van der Waals surface area contributed by atoms with Crippen molar-refractivity contribution in [1.82, 2.24) is 4.72 Å². The zero-order chi connectivity index (χ0) is 16.8. The first-order valence-electron chi connectivity index (χ1n) is 7.00. The quantitative estimate of drug-likeness (QED) is 0.559. The first-order chi connectivity index (χ1) is 10.3. The van der Waals surface area contributed by atoms with E-state index in [-0.39, 0.29) is 10.8 Å². The molecule has 0 saturated heterocycles. The number of carbonyl (C=O) groups is 1. The van der Waals surface area contributed by atoms with Crippen LogP contribution in [0.3, 0.4) is 0 Å². The minimum absolute atomic E-state index is 0.107. The fourth-order valence-electron chi connectivity index (χ4n) is 1.86. The maximum atomic E-state index is 12.2. The zero-order valence-corrected chi connectivity index (χ0v) is 14.2. The van der Waals surface area contributed by atoms with Gasteiger partial charge in [-0.05, 0) is 12.1 Å². The molecule has 0 aromatic heterocycles. The topological polar surface area (TPSA) is 88.9 Å². The van der Waals surface area contributed by atoms with Gasteiger partial charge in [-0.1, -0.05) is 0 Å². The molecule has 1 aromatic rings. The highest BCUT2D eigenvalue weighted by molar-refractivity contribution is 7.89. The Bertz CT molecular complexity index is 615. The van der Waals surface area contributed by atoms with Crippen LogP contribution in [0.25, 0.3) is 0 Å². The summed E-state index contributed by atoms with van der Waals surface area (Å²) in [7, 11) is 1.86. The molecule has 0 atom stereocenters. The molecule has 0 radical (unpaired) electrons. The summed E-state index contributed by atoms with van der Waals surface area (Å²) in [5.41, 5.74) is 0.435. The van der Waals surface area contributed by atoms with Gasteiger partial charge in [0.05, 0.1) is 38.3 Å². The molecular formula is C14H24N3O4S+. The average molecular weight is 330 g/mol. The SMILES string of the molecule is COc1cc(S(=O)(=O)NCCC[NH+](C)C)ccc1NC(C)=O. The van der Waals surface area contributed by atoms with Crippen molar-refractivity contribution >= 4 is 21.6 Å². The Labute approximate surface area is 131 Å². The lowest BCUT2D eigenvalue weighted by Crippen LogP contribution is -3.05. The lowest BCUT2D eigenvalue weighted by molar-refractivity contribution is -0.858. The minimum atomic E-state index is -3.59. The molecule has 0 aliphatic heterocycles. The highest BCUT2D eigenvalue weighted by Gasteiger charge is 2.16. The summed E-state index contributed by atoms with van der Waals surface area (Å²) in [4.78, 5) is 12.5. The van der Waals surface area contributed by atoms with E-state index in [9.17, 15) is 13.2 Å². The number of sulfonamides is 1. The Kier molecular flexibility index (Phi) is 6.79. The van der Waals surface area contributed by atoms with Gasteiger partial charge in [0.2, 0.25) is 15.9 Å². The molecule has 0 aliphatic rings. The number of methoxy groups -OCH3 is 1. The van der Waals surface area contributed by atoms with Crippen LogP contribution in [0.2, 0.25) is 0 Å². The molecule has 8 heteroatoms. The van der Waals surface area contributed by atoms with Crippen LogP contribution in [0.5, 0.6) is 5.75 Å². The Morgan fingerprint density at radius 2 is 2.00 bits per heavy atom. The highest BCUT2D eigenvalue weighted by Crippen LogP contribution is 2.27. The van der Waals surface area contributed by atoms with Crippen molar-refractivity contribution in [3.8, 4) is 5.75 Å². The second kappa shape index (κ2) is 8.11. The van der Waals surface area contributed by atoms with E-state index in [2.05, 4.69) is 10.0 Å². The lowest BCUT2D eigenvalue weighted by atomic mass is 10.3. The van der Waals surface area contributed by atoms with E-state index in [0.29, 0.717) is 18.0 Å². The number of rotatable bonds is 8. The number of carbonyl (C=O) groups excluding carboxylic acids is 1. The Morgan fingerprint density at radius 1 is 1.32 bits per heavy atom. The summed E-state index contributed by atoms with van der Waals surface area (Å²) in [5.74, 6) is 0.0500. The molecule has 124 valence electrons. The monoisotopic (exact) mass is 330 g/mol. The van der Waals surface area contributed by atoms with Crippen molar-refractivity contribution < 1.29 is 22.8 Å². The Morgan fingerprint density at radius 3 is 2.55 bits per heavy atom.